The number of nitrogens with zero attached hydrogens (tertiary/aromatic N) is 1. The minimum Gasteiger partial charge on any atom is -0.369 e. The lowest BCUT2D eigenvalue weighted by molar-refractivity contribution is -0.135. The zero-order valence-electron chi connectivity index (χ0n) is 10.1. The number of nitrogens with two attached hydrogens (primary N) is 2. The van der Waals surface area contributed by atoms with Gasteiger partial charge < -0.3 is 16.4 Å². The van der Waals surface area contributed by atoms with Gasteiger partial charge in [0, 0.05) is 19.0 Å². The Kier molecular flexibility index (Phi) is 3.66. The molecule has 0 aromatic heterocycles. The topological polar surface area (TPSA) is 89.4 Å². The van der Waals surface area contributed by atoms with Crippen LogP contribution in [0.5, 0.6) is 0 Å². The smallest absolute Gasteiger partial charge is 0.226 e. The first kappa shape index (κ1) is 12.4. The van der Waals surface area contributed by atoms with Gasteiger partial charge in [-0.15, -0.1) is 0 Å². The maximum Gasteiger partial charge on any atom is 0.226 e. The summed E-state index contributed by atoms with van der Waals surface area (Å²) in [7, 11) is 0. The molecular formula is C12H21N3O2. The second-order valence-electron chi connectivity index (χ2n) is 5.21. The number of primary amides is 1. The van der Waals surface area contributed by atoms with Crippen molar-refractivity contribution in [2.45, 2.75) is 25.7 Å². The highest BCUT2D eigenvalue weighted by Crippen LogP contribution is 2.33. The number of hydrogen-bond donors (Lipinski definition) is 2. The molecular weight excluding hydrogens is 218 g/mol. The molecule has 2 rings (SSSR count). The Balaban J connectivity index is 1.95. The second kappa shape index (κ2) is 5.04. The third-order valence-electron chi connectivity index (χ3n) is 4.18. The van der Waals surface area contributed by atoms with Crippen LogP contribution < -0.4 is 11.5 Å². The van der Waals surface area contributed by atoms with E-state index in [2.05, 4.69) is 0 Å². The largest absolute Gasteiger partial charge is 0.369 e. The Morgan fingerprint density at radius 3 is 2.59 bits per heavy atom. The van der Waals surface area contributed by atoms with Crippen LogP contribution in [-0.4, -0.2) is 36.3 Å². The van der Waals surface area contributed by atoms with Crippen LogP contribution in [0.4, 0.5) is 0 Å². The molecule has 1 aliphatic carbocycles. The van der Waals surface area contributed by atoms with Crippen molar-refractivity contribution < 1.29 is 9.59 Å². The van der Waals surface area contributed by atoms with E-state index in [1.54, 1.807) is 4.90 Å². The highest BCUT2D eigenvalue weighted by Gasteiger charge is 2.38. The van der Waals surface area contributed by atoms with Gasteiger partial charge in [0.1, 0.15) is 0 Å². The molecule has 5 nitrogen and oxygen atoms in total. The van der Waals surface area contributed by atoms with Crippen LogP contribution in [0.3, 0.4) is 0 Å². The van der Waals surface area contributed by atoms with Gasteiger partial charge in [-0.1, -0.05) is 6.42 Å². The van der Waals surface area contributed by atoms with Gasteiger partial charge in [0.05, 0.1) is 5.92 Å². The molecule has 4 N–H and O–H groups in total. The number of amides is 2. The monoisotopic (exact) mass is 239 g/mol. The van der Waals surface area contributed by atoms with Gasteiger partial charge in [0.15, 0.2) is 0 Å². The van der Waals surface area contributed by atoms with Crippen molar-refractivity contribution in [1.82, 2.24) is 4.90 Å². The number of likely N-dealkylation sites (tertiary alicyclic amines) is 1. The molecule has 0 radical (unpaired) electrons. The van der Waals surface area contributed by atoms with Crippen molar-refractivity contribution in [3.8, 4) is 0 Å². The summed E-state index contributed by atoms with van der Waals surface area (Å²) in [6, 6.07) is 0. The Morgan fingerprint density at radius 2 is 2.00 bits per heavy atom. The first-order valence-electron chi connectivity index (χ1n) is 6.41. The first-order valence-corrected chi connectivity index (χ1v) is 6.41. The fraction of sp³-hybridized carbons (Fsp3) is 0.833. The molecule has 1 heterocycles. The van der Waals surface area contributed by atoms with Crippen molar-refractivity contribution in [3.05, 3.63) is 0 Å². The molecule has 17 heavy (non-hydrogen) atoms. The molecule has 2 fully saturated rings. The van der Waals surface area contributed by atoms with E-state index in [0.29, 0.717) is 32.0 Å². The SMILES string of the molecule is NCC1CCCC1C(=O)N1CCC(C(N)=O)C1. The maximum atomic E-state index is 12.3. The normalized spacial score (nSPS) is 33.0. The molecule has 0 bridgehead atoms. The molecule has 1 aliphatic heterocycles. The van der Waals surface area contributed by atoms with Crippen molar-refractivity contribution >= 4 is 11.8 Å². The van der Waals surface area contributed by atoms with Gasteiger partial charge in [0.25, 0.3) is 0 Å². The quantitative estimate of drug-likeness (QED) is 0.708. The summed E-state index contributed by atoms with van der Waals surface area (Å²) < 4.78 is 0. The average Bonchev–Trinajstić information content (AvgIpc) is 2.96. The molecule has 5 heteroatoms. The Bertz CT molecular complexity index is 319. The minimum atomic E-state index is -0.290. The van der Waals surface area contributed by atoms with E-state index >= 15 is 0 Å². The van der Waals surface area contributed by atoms with Crippen LogP contribution in [0.15, 0.2) is 0 Å². The van der Waals surface area contributed by atoms with Crippen LogP contribution in [-0.2, 0) is 9.59 Å². The summed E-state index contributed by atoms with van der Waals surface area (Å²) in [5, 5.41) is 0. The summed E-state index contributed by atoms with van der Waals surface area (Å²) in [4.78, 5) is 25.2. The van der Waals surface area contributed by atoms with E-state index in [0.717, 1.165) is 19.3 Å². The fourth-order valence-corrected chi connectivity index (χ4v) is 3.07. The predicted molar refractivity (Wildman–Crippen MR) is 63.8 cm³/mol. The van der Waals surface area contributed by atoms with Gasteiger partial charge in [-0.2, -0.15) is 0 Å². The van der Waals surface area contributed by atoms with Crippen molar-refractivity contribution in [2.24, 2.45) is 29.2 Å². The van der Waals surface area contributed by atoms with Crippen LogP contribution in [0.1, 0.15) is 25.7 Å². The van der Waals surface area contributed by atoms with Crippen LogP contribution in [0, 0.1) is 17.8 Å². The van der Waals surface area contributed by atoms with Crippen molar-refractivity contribution in [1.29, 1.82) is 0 Å². The lowest BCUT2D eigenvalue weighted by Crippen LogP contribution is -2.38. The molecule has 96 valence electrons. The number of carbonyl (C=O) groups excluding carboxylic acids is 2. The van der Waals surface area contributed by atoms with E-state index in [1.165, 1.54) is 0 Å². The molecule has 3 unspecified atom stereocenters. The van der Waals surface area contributed by atoms with Gasteiger partial charge in [-0.3, -0.25) is 9.59 Å². The standard InChI is InChI=1S/C12H21N3O2/c13-6-8-2-1-3-10(8)12(17)15-5-4-9(7-15)11(14)16/h8-10H,1-7,13H2,(H2,14,16). The predicted octanol–water partition coefficient (Wildman–Crippen LogP) is -0.305. The first-order chi connectivity index (χ1) is 8.13. The van der Waals surface area contributed by atoms with Crippen LogP contribution in [0.25, 0.3) is 0 Å². The number of hydrogen-bond acceptors (Lipinski definition) is 3. The van der Waals surface area contributed by atoms with Crippen LogP contribution in [0.2, 0.25) is 0 Å². The van der Waals surface area contributed by atoms with E-state index < -0.39 is 0 Å². The number of rotatable bonds is 3. The van der Waals surface area contributed by atoms with E-state index in [1.807, 2.05) is 0 Å². The Morgan fingerprint density at radius 1 is 1.24 bits per heavy atom. The Labute approximate surface area is 102 Å². The summed E-state index contributed by atoms with van der Waals surface area (Å²) in [6.45, 7) is 1.76. The van der Waals surface area contributed by atoms with E-state index in [4.69, 9.17) is 11.5 Å². The highest BCUT2D eigenvalue weighted by molar-refractivity contribution is 5.82. The van der Waals surface area contributed by atoms with Gasteiger partial charge in [-0.25, -0.2) is 0 Å². The van der Waals surface area contributed by atoms with Gasteiger partial charge in [-0.05, 0) is 31.7 Å². The highest BCUT2D eigenvalue weighted by atomic mass is 16.2. The van der Waals surface area contributed by atoms with Gasteiger partial charge in [0.2, 0.25) is 11.8 Å². The summed E-state index contributed by atoms with van der Waals surface area (Å²) in [5.41, 5.74) is 11.0. The summed E-state index contributed by atoms with van der Waals surface area (Å²) >= 11 is 0. The minimum absolute atomic E-state index is 0.0756. The molecule has 3 atom stereocenters. The zero-order chi connectivity index (χ0) is 12.4. The van der Waals surface area contributed by atoms with E-state index in [9.17, 15) is 9.59 Å². The third-order valence-corrected chi connectivity index (χ3v) is 4.18. The van der Waals surface area contributed by atoms with Crippen molar-refractivity contribution in [2.75, 3.05) is 19.6 Å². The summed E-state index contributed by atoms with van der Waals surface area (Å²) in [5.74, 6) is 0.141. The molecule has 0 spiro atoms. The molecule has 0 aromatic rings. The summed E-state index contributed by atoms with van der Waals surface area (Å²) in [6.07, 6.45) is 3.80. The fourth-order valence-electron chi connectivity index (χ4n) is 3.07. The molecule has 1 saturated carbocycles. The molecule has 1 saturated heterocycles. The van der Waals surface area contributed by atoms with Gasteiger partial charge >= 0.3 is 0 Å². The lowest BCUT2D eigenvalue weighted by Gasteiger charge is -2.24. The lowest BCUT2D eigenvalue weighted by atomic mass is 9.95. The third kappa shape index (κ3) is 2.44. The maximum absolute atomic E-state index is 12.3. The second-order valence-corrected chi connectivity index (χ2v) is 5.21. The molecule has 2 aliphatic rings. The molecule has 2 amide bonds. The van der Waals surface area contributed by atoms with E-state index in [-0.39, 0.29) is 23.7 Å². The van der Waals surface area contributed by atoms with Crippen molar-refractivity contribution in [3.63, 3.8) is 0 Å². The number of carbonyl (C=O) groups is 2. The Hall–Kier alpha value is -1.10. The average molecular weight is 239 g/mol. The zero-order valence-corrected chi connectivity index (χ0v) is 10.1. The van der Waals surface area contributed by atoms with Crippen LogP contribution >= 0.6 is 0 Å². The molecule has 0 aromatic carbocycles.